The van der Waals surface area contributed by atoms with E-state index in [1.54, 1.807) is 31.7 Å². The summed E-state index contributed by atoms with van der Waals surface area (Å²) in [5.74, 6) is 5.79. The normalized spacial score (nSPS) is 14.1. The maximum absolute atomic E-state index is 14.5. The zero-order valence-electron chi connectivity index (χ0n) is 29.5. The van der Waals surface area contributed by atoms with Crippen LogP contribution in [0.1, 0.15) is 85.1 Å². The first kappa shape index (κ1) is 39.2. The van der Waals surface area contributed by atoms with Gasteiger partial charge in [-0.2, -0.15) is 0 Å². The summed E-state index contributed by atoms with van der Waals surface area (Å²) >= 11 is 0. The molecule has 0 radical (unpaired) electrons. The van der Waals surface area contributed by atoms with Crippen molar-refractivity contribution in [1.29, 1.82) is 0 Å². The van der Waals surface area contributed by atoms with Crippen LogP contribution in [-0.4, -0.2) is 50.1 Å². The van der Waals surface area contributed by atoms with E-state index in [1.165, 1.54) is 31.2 Å². The van der Waals surface area contributed by atoms with Crippen LogP contribution in [0.4, 0.5) is 4.39 Å². The van der Waals surface area contributed by atoms with E-state index in [1.807, 2.05) is 37.4 Å². The monoisotopic (exact) mass is 680 g/mol. The lowest BCUT2D eigenvalue weighted by molar-refractivity contribution is -0.105. The molecule has 264 valence electrons. The van der Waals surface area contributed by atoms with E-state index < -0.39 is 5.54 Å². The summed E-state index contributed by atoms with van der Waals surface area (Å²) in [6.07, 6.45) is 11.8. The van der Waals surface area contributed by atoms with Crippen LogP contribution in [0.2, 0.25) is 0 Å². The highest BCUT2D eigenvalue weighted by Gasteiger charge is 2.46. The molecule has 2 aromatic carbocycles. The maximum atomic E-state index is 14.5. The number of nitrogens with two attached hydrogens (primary N) is 1. The predicted molar refractivity (Wildman–Crippen MR) is 199 cm³/mol. The third-order valence-corrected chi connectivity index (χ3v) is 7.91. The van der Waals surface area contributed by atoms with Gasteiger partial charge in [0.1, 0.15) is 5.82 Å². The number of unbranched alkanes of at least 4 members (excludes halogenated alkanes) is 1. The van der Waals surface area contributed by atoms with Crippen molar-refractivity contribution in [2.24, 2.45) is 10.7 Å². The molecule has 50 heavy (non-hydrogen) atoms. The topological polar surface area (TPSA) is 131 Å². The number of nitrogens with zero attached hydrogens (tertiary/aromatic N) is 2. The Morgan fingerprint density at radius 3 is 2.52 bits per heavy atom. The minimum Gasteiger partial charge on any atom is -0.494 e. The molecule has 1 heterocycles. The Morgan fingerprint density at radius 2 is 1.90 bits per heavy atom. The van der Waals surface area contributed by atoms with Gasteiger partial charge in [-0.25, -0.2) is 9.37 Å². The van der Waals surface area contributed by atoms with E-state index in [-0.39, 0.29) is 11.7 Å². The number of carbonyl (C=O) groups excluding carboxylic acids is 2. The van der Waals surface area contributed by atoms with Gasteiger partial charge < -0.3 is 26.4 Å². The summed E-state index contributed by atoms with van der Waals surface area (Å²) in [7, 11) is 3.41. The fraction of sp³-hybridized carbons (Fsp3) is 0.350. The van der Waals surface area contributed by atoms with Crippen molar-refractivity contribution in [3.63, 3.8) is 0 Å². The number of aromatic nitrogens is 1. The molecule has 0 bridgehead atoms. The summed E-state index contributed by atoms with van der Waals surface area (Å²) in [6.45, 7) is 8.77. The molecule has 0 saturated heterocycles. The van der Waals surface area contributed by atoms with E-state index >= 15 is 0 Å². The molecule has 9 nitrogen and oxygen atoms in total. The fourth-order valence-corrected chi connectivity index (χ4v) is 4.61. The molecule has 2 saturated carbocycles. The molecular formula is C40H49FN6O3. The van der Waals surface area contributed by atoms with E-state index in [2.05, 4.69) is 58.2 Å². The van der Waals surface area contributed by atoms with E-state index in [0.717, 1.165) is 36.8 Å². The fourth-order valence-electron chi connectivity index (χ4n) is 4.61. The summed E-state index contributed by atoms with van der Waals surface area (Å²) in [5.41, 5.74) is 9.80. The molecule has 5 N–H and O–H groups in total. The minimum atomic E-state index is -0.548. The van der Waals surface area contributed by atoms with Gasteiger partial charge >= 0.3 is 0 Å². The quantitative estimate of drug-likeness (QED) is 0.0749. The Morgan fingerprint density at radius 1 is 1.16 bits per heavy atom. The Hall–Kier alpha value is -5.27. The number of allylic oxidation sites excluding steroid dienone is 2. The zero-order valence-corrected chi connectivity index (χ0v) is 29.5. The van der Waals surface area contributed by atoms with Crippen LogP contribution in [0, 0.1) is 17.7 Å². The molecule has 2 aliphatic carbocycles. The van der Waals surface area contributed by atoms with E-state index in [9.17, 15) is 14.0 Å². The van der Waals surface area contributed by atoms with Crippen LogP contribution >= 0.6 is 0 Å². The van der Waals surface area contributed by atoms with Gasteiger partial charge in [0.05, 0.1) is 30.9 Å². The van der Waals surface area contributed by atoms with Crippen LogP contribution in [0.15, 0.2) is 84.3 Å². The van der Waals surface area contributed by atoms with Crippen LogP contribution in [-0.2, 0) is 16.9 Å². The first-order valence-electron chi connectivity index (χ1n) is 16.9. The van der Waals surface area contributed by atoms with Crippen molar-refractivity contribution in [3.05, 3.63) is 113 Å². The molecule has 5 rings (SSSR count). The number of aliphatic imine (C=N–C) groups is 1. The highest BCUT2D eigenvalue weighted by molar-refractivity contribution is 6.09. The van der Waals surface area contributed by atoms with Gasteiger partial charge in [0, 0.05) is 36.3 Å². The third kappa shape index (κ3) is 12.3. The Bertz CT molecular complexity index is 1720. The Labute approximate surface area is 295 Å². The molecule has 2 aliphatic rings. The van der Waals surface area contributed by atoms with E-state index in [4.69, 9.17) is 10.5 Å². The SMILES string of the molecule is C=C(C=O)NCC#Cc1ncccc1OC.CCCC.CNCc1ccccc1C(=O)NC1(c2cc(F)cc(/C(C=NC3CC3)=C/N)c2)CC1. The van der Waals surface area contributed by atoms with Gasteiger partial charge in [0.15, 0.2) is 17.7 Å². The van der Waals surface area contributed by atoms with Gasteiger partial charge in [-0.1, -0.05) is 57.4 Å². The number of hydrogen-bond donors (Lipinski definition) is 4. The van der Waals surface area contributed by atoms with Crippen LogP contribution in [0.5, 0.6) is 5.75 Å². The van der Waals surface area contributed by atoms with Crippen molar-refractivity contribution in [2.75, 3.05) is 20.7 Å². The number of pyridine rings is 1. The lowest BCUT2D eigenvalue weighted by Crippen LogP contribution is -2.35. The Balaban J connectivity index is 0.000000284. The number of halogens is 1. The van der Waals surface area contributed by atoms with Crippen LogP contribution < -0.4 is 26.4 Å². The average Bonchev–Trinajstić information content (AvgIpc) is 4.08. The number of nitrogens with one attached hydrogen (secondary N) is 3. The molecule has 0 atom stereocenters. The highest BCUT2D eigenvalue weighted by atomic mass is 19.1. The number of ether oxygens (including phenoxy) is 1. The predicted octanol–water partition coefficient (Wildman–Crippen LogP) is 6.05. The number of hydrogen-bond acceptors (Lipinski definition) is 8. The van der Waals surface area contributed by atoms with Crippen LogP contribution in [0.3, 0.4) is 0 Å². The number of amides is 1. The largest absolute Gasteiger partial charge is 0.494 e. The highest BCUT2D eigenvalue weighted by Crippen LogP contribution is 2.46. The number of rotatable bonds is 13. The second kappa shape index (κ2) is 20.3. The summed E-state index contributed by atoms with van der Waals surface area (Å²) in [6, 6.07) is 16.3. The van der Waals surface area contributed by atoms with Gasteiger partial charge in [-0.3, -0.25) is 14.6 Å². The van der Waals surface area contributed by atoms with Gasteiger partial charge in [-0.15, -0.1) is 0 Å². The van der Waals surface area contributed by atoms with Crippen molar-refractivity contribution in [2.45, 2.75) is 70.5 Å². The Kier molecular flexibility index (Phi) is 15.9. The number of benzene rings is 2. The molecule has 10 heteroatoms. The molecule has 1 aromatic heterocycles. The first-order valence-corrected chi connectivity index (χ1v) is 16.9. The molecule has 0 spiro atoms. The number of carbonyl (C=O) groups is 2. The first-order chi connectivity index (χ1) is 24.2. The van der Waals surface area contributed by atoms with Crippen molar-refractivity contribution in [1.82, 2.24) is 20.9 Å². The average molecular weight is 681 g/mol. The standard InChI is InChI=1S/C24H27FN4O.C12H12N2O2.C4H10/c1-27-14-16-4-2-3-5-22(16)23(30)29-24(8-9-24)19-10-17(11-20(25)12-19)18(13-26)15-28-21-6-7-21;1-10(9-15)13-7-3-5-11-12(16-2)6-4-8-14-11;1-3-4-2/h2-5,10-13,15,21,27H,6-9,14,26H2,1H3,(H,29,30);4,6,8-9,13H,1,7H2,2H3;3-4H2,1-2H3/b18-13+,28-15?;;. The molecular weight excluding hydrogens is 631 g/mol. The molecule has 0 unspecified atom stereocenters. The number of methoxy groups -OCH3 is 1. The third-order valence-electron chi connectivity index (χ3n) is 7.91. The molecule has 1 amide bonds. The number of aldehydes is 1. The lowest BCUT2D eigenvalue weighted by atomic mass is 9.97. The van der Waals surface area contributed by atoms with Crippen molar-refractivity contribution in [3.8, 4) is 17.6 Å². The summed E-state index contributed by atoms with van der Waals surface area (Å²) < 4.78 is 19.6. The molecule has 2 fully saturated rings. The zero-order chi connectivity index (χ0) is 36.4. The molecule has 3 aromatic rings. The van der Waals surface area contributed by atoms with Gasteiger partial charge in [0.2, 0.25) is 0 Å². The molecule has 0 aliphatic heterocycles. The van der Waals surface area contributed by atoms with Gasteiger partial charge in [-0.05, 0) is 91.7 Å². The van der Waals surface area contributed by atoms with Crippen molar-refractivity contribution < 1.29 is 18.7 Å². The minimum absolute atomic E-state index is 0.144. The maximum Gasteiger partial charge on any atom is 0.252 e. The second-order valence-corrected chi connectivity index (χ2v) is 11.9. The second-order valence-electron chi connectivity index (χ2n) is 11.9. The van der Waals surface area contributed by atoms with E-state index in [0.29, 0.717) is 59.3 Å². The summed E-state index contributed by atoms with van der Waals surface area (Å²) in [4.78, 5) is 31.8. The smallest absolute Gasteiger partial charge is 0.252 e. The van der Waals surface area contributed by atoms with Crippen molar-refractivity contribution >= 4 is 24.0 Å². The lowest BCUT2D eigenvalue weighted by Gasteiger charge is -2.20. The van der Waals surface area contributed by atoms with Crippen LogP contribution in [0.25, 0.3) is 5.57 Å². The van der Waals surface area contributed by atoms with Gasteiger partial charge in [0.25, 0.3) is 5.91 Å². The summed E-state index contributed by atoms with van der Waals surface area (Å²) in [5, 5.41) is 8.98.